The maximum absolute atomic E-state index is 12.5. The largest absolute Gasteiger partial charge is 0.381 e. The fourth-order valence-electron chi connectivity index (χ4n) is 3.31. The lowest BCUT2D eigenvalue weighted by molar-refractivity contribution is -0.126. The maximum atomic E-state index is 12.5. The predicted octanol–water partition coefficient (Wildman–Crippen LogP) is 3.83. The number of benzene rings is 2. The third kappa shape index (κ3) is 5.51. The summed E-state index contributed by atoms with van der Waals surface area (Å²) >= 11 is 0. The number of para-hydroxylation sites is 1. The predicted molar refractivity (Wildman–Crippen MR) is 123 cm³/mol. The molecule has 0 saturated carbocycles. The van der Waals surface area contributed by atoms with Gasteiger partial charge in [-0.05, 0) is 63.4 Å². The van der Waals surface area contributed by atoms with Crippen LogP contribution in [0.1, 0.15) is 40.6 Å². The van der Waals surface area contributed by atoms with E-state index in [0.717, 1.165) is 39.3 Å². The molecule has 31 heavy (non-hydrogen) atoms. The third-order valence-electron chi connectivity index (χ3n) is 5.07. The molecule has 1 heterocycles. The number of anilines is 1. The summed E-state index contributed by atoms with van der Waals surface area (Å²) in [5, 5.41) is 11.4. The average Bonchev–Trinajstić information content (AvgIpc) is 3.05. The van der Waals surface area contributed by atoms with Crippen molar-refractivity contribution in [1.29, 1.82) is 0 Å². The monoisotopic (exact) mass is 419 g/mol. The highest BCUT2D eigenvalue weighted by Gasteiger charge is 2.17. The molecule has 162 valence electrons. The van der Waals surface area contributed by atoms with Crippen LogP contribution in [0.2, 0.25) is 0 Å². The first-order chi connectivity index (χ1) is 14.7. The van der Waals surface area contributed by atoms with E-state index in [1.165, 1.54) is 0 Å². The number of nitrogens with zero attached hydrogens (tertiary/aromatic N) is 3. The van der Waals surface area contributed by atoms with E-state index < -0.39 is 6.10 Å². The van der Waals surface area contributed by atoms with Gasteiger partial charge in [0.25, 0.3) is 5.91 Å². The van der Waals surface area contributed by atoms with E-state index in [1.807, 2.05) is 80.9 Å². The standard InChI is InChI=1S/C24H29N5O2/c1-15-8-6-9-16(2)22(15)26-24(30)19(5)31-28-23(25)21-11-7-10-20(13-21)14-29-18(4)12-17(3)27-29/h6-13,19H,14H2,1-5H3,(H2,25,28)(H,26,30). The lowest BCUT2D eigenvalue weighted by Crippen LogP contribution is -2.28. The van der Waals surface area contributed by atoms with Gasteiger partial charge in [-0.1, -0.05) is 41.6 Å². The molecule has 3 aromatic rings. The zero-order valence-corrected chi connectivity index (χ0v) is 18.6. The van der Waals surface area contributed by atoms with Gasteiger partial charge in [0.05, 0.1) is 12.2 Å². The zero-order valence-electron chi connectivity index (χ0n) is 18.6. The van der Waals surface area contributed by atoms with Crippen molar-refractivity contribution >= 4 is 17.4 Å². The number of hydrogen-bond donors (Lipinski definition) is 2. The first kappa shape index (κ1) is 22.1. The fourth-order valence-corrected chi connectivity index (χ4v) is 3.31. The second kappa shape index (κ2) is 9.47. The van der Waals surface area contributed by atoms with Crippen molar-refractivity contribution in [2.75, 3.05) is 5.32 Å². The molecule has 3 rings (SSSR count). The van der Waals surface area contributed by atoms with Crippen LogP contribution in [0.15, 0.2) is 53.7 Å². The number of oxime groups is 1. The summed E-state index contributed by atoms with van der Waals surface area (Å²) in [6.07, 6.45) is -0.796. The molecule has 0 radical (unpaired) electrons. The molecule has 1 unspecified atom stereocenters. The molecule has 1 amide bonds. The van der Waals surface area contributed by atoms with Gasteiger partial charge in [-0.25, -0.2) is 0 Å². The van der Waals surface area contributed by atoms with E-state index in [0.29, 0.717) is 6.54 Å². The second-order valence-corrected chi connectivity index (χ2v) is 7.77. The number of rotatable bonds is 7. The Labute approximate surface area is 182 Å². The van der Waals surface area contributed by atoms with Gasteiger partial charge in [0.15, 0.2) is 5.84 Å². The van der Waals surface area contributed by atoms with Crippen LogP contribution in [0.3, 0.4) is 0 Å². The number of aryl methyl sites for hydroxylation is 4. The summed E-state index contributed by atoms with van der Waals surface area (Å²) in [7, 11) is 0. The van der Waals surface area contributed by atoms with Crippen LogP contribution >= 0.6 is 0 Å². The van der Waals surface area contributed by atoms with Crippen molar-refractivity contribution in [3.05, 3.63) is 82.2 Å². The van der Waals surface area contributed by atoms with Gasteiger partial charge in [-0.2, -0.15) is 5.10 Å². The lowest BCUT2D eigenvalue weighted by atomic mass is 10.1. The van der Waals surface area contributed by atoms with E-state index in [9.17, 15) is 4.79 Å². The number of hydrogen-bond acceptors (Lipinski definition) is 4. The van der Waals surface area contributed by atoms with Crippen molar-refractivity contribution in [1.82, 2.24) is 9.78 Å². The number of carbonyl (C=O) groups excluding carboxylic acids is 1. The molecule has 0 aliphatic heterocycles. The van der Waals surface area contributed by atoms with Crippen molar-refractivity contribution in [3.63, 3.8) is 0 Å². The molecule has 0 aliphatic rings. The van der Waals surface area contributed by atoms with Gasteiger partial charge in [-0.15, -0.1) is 0 Å². The first-order valence-corrected chi connectivity index (χ1v) is 10.2. The molecule has 7 nitrogen and oxygen atoms in total. The van der Waals surface area contributed by atoms with Crippen molar-refractivity contribution in [2.24, 2.45) is 10.9 Å². The number of nitrogens with one attached hydrogen (secondary N) is 1. The quantitative estimate of drug-likeness (QED) is 0.346. The molecule has 2 aromatic carbocycles. The van der Waals surface area contributed by atoms with E-state index >= 15 is 0 Å². The van der Waals surface area contributed by atoms with Gasteiger partial charge in [0, 0.05) is 16.9 Å². The number of carbonyl (C=O) groups is 1. The smallest absolute Gasteiger partial charge is 0.268 e. The summed E-state index contributed by atoms with van der Waals surface area (Å²) < 4.78 is 1.94. The zero-order chi connectivity index (χ0) is 22.5. The van der Waals surface area contributed by atoms with Crippen LogP contribution < -0.4 is 11.1 Å². The van der Waals surface area contributed by atoms with Crippen LogP contribution in [-0.4, -0.2) is 27.6 Å². The fraction of sp³-hybridized carbons (Fsp3) is 0.292. The molecule has 0 fully saturated rings. The lowest BCUT2D eigenvalue weighted by Gasteiger charge is -2.14. The molecule has 1 aromatic heterocycles. The Morgan fingerprint density at radius 2 is 1.81 bits per heavy atom. The van der Waals surface area contributed by atoms with Crippen LogP contribution in [0.5, 0.6) is 0 Å². The minimum Gasteiger partial charge on any atom is -0.381 e. The Morgan fingerprint density at radius 1 is 1.13 bits per heavy atom. The highest BCUT2D eigenvalue weighted by Crippen LogP contribution is 2.20. The minimum absolute atomic E-state index is 0.210. The molecule has 1 atom stereocenters. The molecule has 0 bridgehead atoms. The topological polar surface area (TPSA) is 94.5 Å². The summed E-state index contributed by atoms with van der Waals surface area (Å²) in [5.41, 5.74) is 12.7. The Hall–Kier alpha value is -3.61. The summed E-state index contributed by atoms with van der Waals surface area (Å²) in [6.45, 7) is 10.2. The van der Waals surface area contributed by atoms with Gasteiger partial charge in [0.2, 0.25) is 6.10 Å². The highest BCUT2D eigenvalue weighted by molar-refractivity contribution is 5.98. The summed E-state index contributed by atoms with van der Waals surface area (Å²) in [6, 6.07) is 15.6. The first-order valence-electron chi connectivity index (χ1n) is 10.2. The van der Waals surface area contributed by atoms with Gasteiger partial charge >= 0.3 is 0 Å². The minimum atomic E-state index is -0.796. The molecular weight excluding hydrogens is 390 g/mol. The maximum Gasteiger partial charge on any atom is 0.268 e. The van der Waals surface area contributed by atoms with Crippen molar-refractivity contribution < 1.29 is 9.63 Å². The van der Waals surface area contributed by atoms with E-state index in [-0.39, 0.29) is 11.7 Å². The second-order valence-electron chi connectivity index (χ2n) is 7.77. The summed E-state index contributed by atoms with van der Waals surface area (Å²) in [5.74, 6) is -0.0748. The normalized spacial score (nSPS) is 12.5. The van der Waals surface area contributed by atoms with Gasteiger partial charge in [0.1, 0.15) is 0 Å². The molecule has 3 N–H and O–H groups in total. The van der Waals surface area contributed by atoms with Gasteiger partial charge in [-0.3, -0.25) is 9.48 Å². The average molecular weight is 420 g/mol. The van der Waals surface area contributed by atoms with Crippen LogP contribution in [0.4, 0.5) is 5.69 Å². The number of nitrogens with two attached hydrogens (primary N) is 1. The molecular formula is C24H29N5O2. The molecule has 7 heteroatoms. The number of aromatic nitrogens is 2. The number of amidine groups is 1. The Balaban J connectivity index is 1.65. The van der Waals surface area contributed by atoms with Crippen molar-refractivity contribution in [2.45, 2.75) is 47.3 Å². The highest BCUT2D eigenvalue weighted by atomic mass is 16.6. The van der Waals surface area contributed by atoms with Crippen LogP contribution in [0.25, 0.3) is 0 Å². The Morgan fingerprint density at radius 3 is 2.45 bits per heavy atom. The van der Waals surface area contributed by atoms with Crippen LogP contribution in [-0.2, 0) is 16.2 Å². The van der Waals surface area contributed by atoms with Crippen LogP contribution in [0, 0.1) is 27.7 Å². The molecule has 0 aliphatic carbocycles. The van der Waals surface area contributed by atoms with Gasteiger partial charge < -0.3 is 15.9 Å². The number of amides is 1. The van der Waals surface area contributed by atoms with Crippen molar-refractivity contribution in [3.8, 4) is 0 Å². The SMILES string of the molecule is Cc1cc(C)n(Cc2cccc(C(N)=NOC(C)C(=O)Nc3c(C)cccc3C)c2)n1. The van der Waals surface area contributed by atoms with E-state index in [4.69, 9.17) is 10.6 Å². The molecule has 0 saturated heterocycles. The van der Waals surface area contributed by atoms with E-state index in [2.05, 4.69) is 15.6 Å². The summed E-state index contributed by atoms with van der Waals surface area (Å²) in [4.78, 5) is 17.9. The Bertz CT molecular complexity index is 1100. The van der Waals surface area contributed by atoms with E-state index in [1.54, 1.807) is 6.92 Å². The molecule has 0 spiro atoms. The third-order valence-corrected chi connectivity index (χ3v) is 5.07. The Kier molecular flexibility index (Phi) is 6.74.